The molecule has 0 saturated heterocycles. The van der Waals surface area contributed by atoms with Crippen molar-refractivity contribution in [3.8, 4) is 33.4 Å². The van der Waals surface area contributed by atoms with E-state index in [1.807, 2.05) is 182 Å². The van der Waals surface area contributed by atoms with E-state index in [-0.39, 0.29) is 84.1 Å². The highest BCUT2D eigenvalue weighted by atomic mass is 35.5. The van der Waals surface area contributed by atoms with Crippen LogP contribution >= 0.6 is 24.8 Å². The molecule has 0 saturated carbocycles. The highest BCUT2D eigenvalue weighted by Gasteiger charge is 2.40. The van der Waals surface area contributed by atoms with Crippen LogP contribution in [0, 0.1) is 0 Å². The lowest BCUT2D eigenvalue weighted by Gasteiger charge is -2.24. The Balaban J connectivity index is 0.000000551. The number of hydrogen-bond acceptors (Lipinski definition) is 33. The number of methoxy groups -OCH3 is 5. The van der Waals surface area contributed by atoms with E-state index in [1.54, 1.807) is 53.8 Å². The van der Waals surface area contributed by atoms with Crippen molar-refractivity contribution in [3.05, 3.63) is 240 Å². The first kappa shape index (κ1) is 118. The van der Waals surface area contributed by atoms with Gasteiger partial charge in [-0.3, -0.25) is 29.1 Å². The molecule has 736 valence electrons. The van der Waals surface area contributed by atoms with Crippen molar-refractivity contribution in [1.29, 1.82) is 0 Å². The molecule has 0 aliphatic carbocycles. The van der Waals surface area contributed by atoms with Crippen LogP contribution in [0.2, 0.25) is 0 Å². The Labute approximate surface area is 792 Å². The molecule has 0 spiro atoms. The van der Waals surface area contributed by atoms with E-state index in [2.05, 4.69) is 70.5 Å². The molecule has 2 aliphatic rings. The Morgan fingerprint density at radius 2 is 0.607 bits per heavy atom. The fourth-order valence-electron chi connectivity index (χ4n) is 12.0. The van der Waals surface area contributed by atoms with Crippen molar-refractivity contribution in [1.82, 2.24) is 36.1 Å². The summed E-state index contributed by atoms with van der Waals surface area (Å²) in [7, 11) is 6.01. The van der Waals surface area contributed by atoms with Crippen LogP contribution in [0.4, 0.5) is 0 Å². The molecule has 39 nitrogen and oxygen atoms in total. The first-order valence-corrected chi connectivity index (χ1v) is 41.8. The Bertz CT molecular complexity index is 4840. The molecular formula is C94H119Cl2N7O32. The molecule has 0 radical (unpaired) electrons. The van der Waals surface area contributed by atoms with Gasteiger partial charge in [0, 0.05) is 87.2 Å². The molecule has 2 aliphatic heterocycles. The predicted octanol–water partition coefficient (Wildman–Crippen LogP) is 4.48. The lowest BCUT2D eigenvalue weighted by atomic mass is 10.0. The zero-order valence-corrected chi connectivity index (χ0v) is 77.9. The third-order valence-electron chi connectivity index (χ3n) is 18.9. The van der Waals surface area contributed by atoms with E-state index >= 15 is 0 Å². The number of carbonyl (C=O) groups is 12. The van der Waals surface area contributed by atoms with E-state index in [1.165, 1.54) is 44.6 Å². The molecule has 0 unspecified atom stereocenters. The SMILES string of the molecule is CCOC(=O)[C@H](O)[C@@H](O)C(=O)OCC.CCOC(=O)[C@H](O)[C@@H](OC)C(=O)NCc1ccc(-c2ccccc2)cc1.CCOC(=O)[C@H](O)[C@@H](OC)C(=O)O.CCOC(=O)[C@H](O)[C@@H](OC)C(=O)OCC.CO[C@@H](C(=O)NCc1ccc(-c2ccccc2)cc1)[C@@H](O)C(=O)N1Cc2cccnc2C1.CO[C@@H](C(=O)NCc1ccc(-c2ccccc2)cc1)[C@@H](O)C(=O)O.Cl.Cl.c1cnc2c(c1)CNC2. The summed E-state index contributed by atoms with van der Waals surface area (Å²) < 4.78 is 51.0. The van der Waals surface area contributed by atoms with Gasteiger partial charge < -0.3 is 124 Å². The summed E-state index contributed by atoms with van der Waals surface area (Å²) in [6.07, 6.45) is -15.9. The van der Waals surface area contributed by atoms with Crippen LogP contribution in [0.25, 0.3) is 33.4 Å². The lowest BCUT2D eigenvalue weighted by Crippen LogP contribution is -2.50. The fourth-order valence-corrected chi connectivity index (χ4v) is 12.0. The molecule has 41 heteroatoms. The first-order chi connectivity index (χ1) is 63.8. The molecule has 2 aromatic heterocycles. The second-order valence-electron chi connectivity index (χ2n) is 27.9. The van der Waals surface area contributed by atoms with Crippen molar-refractivity contribution >= 4 is 96.2 Å². The second kappa shape index (κ2) is 65.0. The average Bonchev–Trinajstić information content (AvgIpc) is 1.70. The quantitative estimate of drug-likeness (QED) is 0.0187. The maximum absolute atomic E-state index is 12.8. The number of carboxylic acids is 2. The van der Waals surface area contributed by atoms with Crippen LogP contribution in [0.1, 0.15) is 80.7 Å². The number of ether oxygens (including phenoxy) is 11. The molecule has 8 aromatic rings. The number of fused-ring (bicyclic) bond motifs is 2. The maximum Gasteiger partial charge on any atom is 0.338 e. The van der Waals surface area contributed by atoms with E-state index in [4.69, 9.17) is 44.5 Å². The average molecular weight is 1930 g/mol. The summed E-state index contributed by atoms with van der Waals surface area (Å²) >= 11 is 0. The molecule has 6 aromatic carbocycles. The topological polar surface area (TPSA) is 566 Å². The fraction of sp³-hybridized carbons (Fsp3) is 0.383. The molecule has 4 heterocycles. The number of aliphatic hydroxyl groups excluding tert-OH is 7. The number of nitrogens with zero attached hydrogens (tertiary/aromatic N) is 3. The number of nitrogens with one attached hydrogen (secondary N) is 4. The van der Waals surface area contributed by atoms with Crippen LogP contribution in [0.15, 0.2) is 200 Å². The van der Waals surface area contributed by atoms with Crippen molar-refractivity contribution in [3.63, 3.8) is 0 Å². The number of aliphatic carboxylic acids is 2. The third-order valence-corrected chi connectivity index (χ3v) is 18.9. The molecule has 10 rings (SSSR count). The van der Waals surface area contributed by atoms with Crippen molar-refractivity contribution in [2.24, 2.45) is 0 Å². The van der Waals surface area contributed by atoms with Gasteiger partial charge in [-0.05, 0) is 115 Å². The number of aliphatic hydroxyl groups is 7. The van der Waals surface area contributed by atoms with Gasteiger partial charge in [0.15, 0.2) is 73.2 Å². The number of esters is 6. The van der Waals surface area contributed by atoms with Gasteiger partial charge in [0.2, 0.25) is 0 Å². The number of aromatic nitrogens is 2. The van der Waals surface area contributed by atoms with E-state index in [9.17, 15) is 78.0 Å². The Morgan fingerprint density at radius 3 is 0.919 bits per heavy atom. The number of rotatable bonds is 38. The summed E-state index contributed by atoms with van der Waals surface area (Å²) in [5.41, 5.74) is 13.5. The van der Waals surface area contributed by atoms with Crippen LogP contribution in [-0.4, -0.2) is 281 Å². The molecule has 4 amide bonds. The smallest absolute Gasteiger partial charge is 0.338 e. The van der Waals surface area contributed by atoms with Crippen molar-refractivity contribution in [2.45, 2.75) is 161 Å². The first-order valence-electron chi connectivity index (χ1n) is 41.8. The minimum absolute atomic E-state index is 0. The van der Waals surface area contributed by atoms with E-state index in [0.29, 0.717) is 13.1 Å². The van der Waals surface area contributed by atoms with Crippen LogP contribution in [-0.2, 0) is 155 Å². The van der Waals surface area contributed by atoms with Gasteiger partial charge in [0.05, 0.1) is 57.6 Å². The molecule has 0 fully saturated rings. The molecule has 0 bridgehead atoms. The number of carboxylic acid groups (broad SMARTS) is 2. The molecular weight excluding hydrogens is 1810 g/mol. The third kappa shape index (κ3) is 39.8. The zero-order chi connectivity index (χ0) is 98.5. The normalized spacial score (nSPS) is 13.7. The highest BCUT2D eigenvalue weighted by molar-refractivity contribution is 5.92. The van der Waals surface area contributed by atoms with Gasteiger partial charge in [-0.1, -0.05) is 176 Å². The summed E-state index contributed by atoms with van der Waals surface area (Å²) in [5, 5.41) is 94.9. The predicted molar refractivity (Wildman–Crippen MR) is 490 cm³/mol. The molecule has 12 atom stereocenters. The lowest BCUT2D eigenvalue weighted by molar-refractivity contribution is -0.175. The number of amides is 4. The number of hydrogen-bond donors (Lipinski definition) is 13. The summed E-state index contributed by atoms with van der Waals surface area (Å²) in [6, 6.07) is 60.9. The van der Waals surface area contributed by atoms with Crippen LogP contribution in [0.5, 0.6) is 0 Å². The number of halogens is 2. The molecule has 13 N–H and O–H groups in total. The second-order valence-corrected chi connectivity index (χ2v) is 27.9. The van der Waals surface area contributed by atoms with Crippen molar-refractivity contribution in [2.75, 3.05) is 75.2 Å². The number of carbonyl (C=O) groups excluding carboxylic acids is 10. The Morgan fingerprint density at radius 1 is 0.319 bits per heavy atom. The zero-order valence-electron chi connectivity index (χ0n) is 76.2. The van der Waals surface area contributed by atoms with E-state index in [0.717, 1.165) is 81.5 Å². The minimum Gasteiger partial charge on any atom is -0.479 e. The highest BCUT2D eigenvalue weighted by Crippen LogP contribution is 2.25. The van der Waals surface area contributed by atoms with Crippen molar-refractivity contribution < 1.29 is 156 Å². The number of benzene rings is 6. The van der Waals surface area contributed by atoms with Gasteiger partial charge in [-0.2, -0.15) is 0 Å². The van der Waals surface area contributed by atoms with Gasteiger partial charge in [-0.25, -0.2) is 38.4 Å². The van der Waals surface area contributed by atoms with Crippen LogP contribution < -0.4 is 21.3 Å². The number of pyridine rings is 2. The monoisotopic (exact) mass is 1930 g/mol. The molecule has 135 heavy (non-hydrogen) atoms. The summed E-state index contributed by atoms with van der Waals surface area (Å²) in [4.78, 5) is 147. The standard InChI is InChI=1S/C25H25N3O4.C20H23NO5.C18H19NO5.C9H16O6.C8H14O6.C7H8N2.C7H12O6.2ClH/c1-32-23(22(29)25(31)28-15-20-8-5-13-26-21(20)16-28)24(30)27-14-17-9-11-19(12-10-17)18-6-3-2-4-7-18;1-3-26-20(24)17(22)18(25-2)19(23)21-13-14-9-11-16(12-10-14)15-7-5-4-6-8-15;1-24-16(15(20)18(22)23)17(21)19-11-12-7-9-14(10-8-12)13-5-3-2-4-6-13;1-4-14-8(11)6(10)7(13-3)9(12)15-5-2;1-3-13-7(11)5(9)6(10)8(12)14-4-2;1-2-6-4-8-5-7(6)9-3-1;1-3-13-7(11)4(8)5(12-2)6(9)10;;/h2-13,22-23,29H,14-16H2,1H3,(H,27,30);4-12,17-18,22H,3,13H2,1-2H3,(H,21,23);2-10,15-16,20H,11H2,1H3,(H,19,21)(H,22,23);6-7,10H,4-5H2,1-3H3;5-6,9-10H,3-4H2,1-2H3;1-3,8H,4-5H2;4-5,8H,3H2,1-2H3,(H,9,10);2*1H/t22-,23-;17-,18-;15-,16-;6-,7-;5-,6-;;4-,5-;;/m11111.1../s1. The van der Waals surface area contributed by atoms with E-state index < -0.39 is 145 Å². The summed E-state index contributed by atoms with van der Waals surface area (Å²) in [6.45, 7) is 13.3. The largest absolute Gasteiger partial charge is 0.479 e. The minimum atomic E-state index is -1.91. The van der Waals surface area contributed by atoms with Gasteiger partial charge in [0.1, 0.15) is 0 Å². The van der Waals surface area contributed by atoms with Gasteiger partial charge in [0.25, 0.3) is 23.6 Å². The van der Waals surface area contributed by atoms with Crippen LogP contribution in [0.3, 0.4) is 0 Å². The van der Waals surface area contributed by atoms with Gasteiger partial charge >= 0.3 is 47.8 Å². The Kier molecular flexibility index (Phi) is 57.0. The Hall–Kier alpha value is -12.7. The maximum atomic E-state index is 12.8. The van der Waals surface area contributed by atoms with Gasteiger partial charge in [-0.15, -0.1) is 24.8 Å². The summed E-state index contributed by atoms with van der Waals surface area (Å²) in [5.74, 6) is -11.0.